The van der Waals surface area contributed by atoms with Gasteiger partial charge in [-0.15, -0.1) is 23.5 Å². The zero-order valence-electron chi connectivity index (χ0n) is 4.54. The first-order valence-corrected chi connectivity index (χ1v) is 3.98. The van der Waals surface area contributed by atoms with Crippen molar-refractivity contribution in [2.45, 2.75) is 0 Å². The summed E-state index contributed by atoms with van der Waals surface area (Å²) >= 11 is 3.13. The molecule has 0 aliphatic carbocycles. The van der Waals surface area contributed by atoms with E-state index in [9.17, 15) is 0 Å². The first-order valence-electron chi connectivity index (χ1n) is 2.09. The van der Waals surface area contributed by atoms with Gasteiger partial charge in [0.25, 0.3) is 0 Å². The molecule has 0 heterocycles. The molecule has 0 N–H and O–H groups in total. The van der Waals surface area contributed by atoms with Crippen LogP contribution in [0.5, 0.6) is 0 Å². The van der Waals surface area contributed by atoms with Gasteiger partial charge in [0.15, 0.2) is 0 Å². The van der Waals surface area contributed by atoms with Crippen LogP contribution in [-0.4, -0.2) is 0 Å². The van der Waals surface area contributed by atoms with Crippen LogP contribution < -0.4 is 0 Å². The van der Waals surface area contributed by atoms with Crippen LogP contribution in [0, 0.1) is 0 Å². The summed E-state index contributed by atoms with van der Waals surface area (Å²) in [6.07, 6.45) is 0. The molecule has 0 aromatic carbocycles. The molecule has 0 aliphatic heterocycles. The Labute approximate surface area is 58.7 Å². The van der Waals surface area contributed by atoms with Crippen LogP contribution in [0.4, 0.5) is 0 Å². The Kier molecular flexibility index (Phi) is 6.85. The van der Waals surface area contributed by atoms with Gasteiger partial charge in [-0.1, -0.05) is 13.2 Å². The largest absolute Gasteiger partial charge is 0.106 e. The highest BCUT2D eigenvalue weighted by Gasteiger charge is 1.65. The van der Waals surface area contributed by atoms with Crippen molar-refractivity contribution in [3.63, 3.8) is 0 Å². The van der Waals surface area contributed by atoms with Gasteiger partial charge in [-0.25, -0.2) is 0 Å². The van der Waals surface area contributed by atoms with Crippen LogP contribution in [0.25, 0.3) is 0 Å². The molecule has 0 rings (SSSR count). The number of rotatable bonds is 4. The molecule has 2 heteroatoms. The molecule has 0 saturated carbocycles. The second kappa shape index (κ2) is 6.92. The van der Waals surface area contributed by atoms with Crippen LogP contribution in [0.2, 0.25) is 0 Å². The molecule has 0 aromatic heterocycles. The number of hydrogen-bond donors (Lipinski definition) is 0. The molecule has 8 heavy (non-hydrogen) atoms. The van der Waals surface area contributed by atoms with Crippen molar-refractivity contribution in [1.82, 2.24) is 0 Å². The molecule has 44 valence electrons. The maximum atomic E-state index is 3.53. The normalized spacial score (nSPS) is 9.50. The monoisotopic (exact) mass is 144 g/mol. The minimum atomic E-state index is 1.56. The van der Waals surface area contributed by atoms with Crippen LogP contribution in [0.15, 0.2) is 34.8 Å². The van der Waals surface area contributed by atoms with Gasteiger partial charge in [0.1, 0.15) is 0 Å². The van der Waals surface area contributed by atoms with E-state index in [2.05, 4.69) is 13.2 Å². The molecule has 0 saturated heterocycles. The highest BCUT2D eigenvalue weighted by atomic mass is 32.2. The van der Waals surface area contributed by atoms with Crippen molar-refractivity contribution in [3.8, 4) is 0 Å². The third kappa shape index (κ3) is 5.92. The Hall–Kier alpha value is -0.0800. The van der Waals surface area contributed by atoms with Crippen molar-refractivity contribution in [3.05, 3.63) is 34.8 Å². The van der Waals surface area contributed by atoms with E-state index in [0.717, 1.165) is 0 Å². The van der Waals surface area contributed by atoms with E-state index in [1.165, 1.54) is 0 Å². The molecule has 0 bridgehead atoms. The quantitative estimate of drug-likeness (QED) is 0.594. The Bertz CT molecular complexity index is 82.7. The van der Waals surface area contributed by atoms with Crippen molar-refractivity contribution in [2.24, 2.45) is 0 Å². The fourth-order valence-corrected chi connectivity index (χ4v) is 0.911. The number of hydrogen-bond acceptors (Lipinski definition) is 2. The molecule has 0 aromatic rings. The van der Waals surface area contributed by atoms with E-state index in [4.69, 9.17) is 0 Å². The molecule has 0 radical (unpaired) electrons. The van der Waals surface area contributed by atoms with Crippen LogP contribution in [0.1, 0.15) is 0 Å². The lowest BCUT2D eigenvalue weighted by Gasteiger charge is -1.76. The minimum absolute atomic E-state index is 1.56. The summed E-state index contributed by atoms with van der Waals surface area (Å²) in [5.74, 6) is 0. The van der Waals surface area contributed by atoms with E-state index in [-0.39, 0.29) is 0 Å². The maximum Gasteiger partial charge on any atom is -0.0182 e. The average Bonchev–Trinajstić information content (AvgIpc) is 1.81. The minimum Gasteiger partial charge on any atom is -0.106 e. The summed E-state index contributed by atoms with van der Waals surface area (Å²) in [6.45, 7) is 7.07. The lowest BCUT2D eigenvalue weighted by Crippen LogP contribution is -1.38. The van der Waals surface area contributed by atoms with Crippen LogP contribution in [-0.2, 0) is 0 Å². The van der Waals surface area contributed by atoms with Gasteiger partial charge in [0.2, 0.25) is 0 Å². The fraction of sp³-hybridized carbons (Fsp3) is 0. The van der Waals surface area contributed by atoms with E-state index >= 15 is 0 Å². The second-order valence-corrected chi connectivity index (χ2v) is 2.63. The summed E-state index contributed by atoms with van der Waals surface area (Å²) in [5, 5.41) is 7.47. The molecule has 0 spiro atoms. The fourth-order valence-electron chi connectivity index (χ4n) is 0.175. The molecule has 0 fully saturated rings. The summed E-state index contributed by atoms with van der Waals surface area (Å²) in [5.41, 5.74) is 0. The zero-order chi connectivity index (χ0) is 6.24. The van der Waals surface area contributed by atoms with E-state index in [1.54, 1.807) is 34.3 Å². The molecule has 0 aliphatic rings. The summed E-state index contributed by atoms with van der Waals surface area (Å²) in [7, 11) is 0. The van der Waals surface area contributed by atoms with Gasteiger partial charge < -0.3 is 0 Å². The summed E-state index contributed by atoms with van der Waals surface area (Å²) in [4.78, 5) is 0. The van der Waals surface area contributed by atoms with Gasteiger partial charge in [-0.05, 0) is 21.6 Å². The lowest BCUT2D eigenvalue weighted by molar-refractivity contribution is 2.49. The van der Waals surface area contributed by atoms with E-state index in [0.29, 0.717) is 0 Å². The Balaban J connectivity index is 3.06. The highest BCUT2D eigenvalue weighted by Crippen LogP contribution is 2.08. The molecule has 0 nitrogen and oxygen atoms in total. The van der Waals surface area contributed by atoms with E-state index in [1.807, 2.05) is 10.8 Å². The second-order valence-electron chi connectivity index (χ2n) is 0.878. The smallest absolute Gasteiger partial charge is 0.0182 e. The van der Waals surface area contributed by atoms with Gasteiger partial charge in [0.05, 0.1) is 0 Å². The molecular formula is C6H8S2. The first-order chi connectivity index (χ1) is 3.91. The van der Waals surface area contributed by atoms with E-state index < -0.39 is 0 Å². The Morgan fingerprint density at radius 3 is 1.50 bits per heavy atom. The Morgan fingerprint density at radius 2 is 1.25 bits per heavy atom. The van der Waals surface area contributed by atoms with Crippen molar-refractivity contribution >= 4 is 23.5 Å². The number of thioether (sulfide) groups is 2. The van der Waals surface area contributed by atoms with Gasteiger partial charge in [-0.2, -0.15) is 0 Å². The van der Waals surface area contributed by atoms with Crippen LogP contribution >= 0.6 is 23.5 Å². The van der Waals surface area contributed by atoms with Crippen molar-refractivity contribution < 1.29 is 0 Å². The molecule has 0 amide bonds. The topological polar surface area (TPSA) is 0 Å². The average molecular weight is 144 g/mol. The van der Waals surface area contributed by atoms with Gasteiger partial charge in [0, 0.05) is 0 Å². The Morgan fingerprint density at radius 1 is 0.875 bits per heavy atom. The van der Waals surface area contributed by atoms with Crippen LogP contribution in [0.3, 0.4) is 0 Å². The SMILES string of the molecule is C=CS/C=C/SC=C. The summed E-state index contributed by atoms with van der Waals surface area (Å²) < 4.78 is 0. The first kappa shape index (κ1) is 7.92. The van der Waals surface area contributed by atoms with Crippen molar-refractivity contribution in [1.29, 1.82) is 0 Å². The highest BCUT2D eigenvalue weighted by molar-refractivity contribution is 8.08. The third-order valence-electron chi connectivity index (χ3n) is 0.405. The predicted octanol–water partition coefficient (Wildman–Crippen LogP) is 3.21. The van der Waals surface area contributed by atoms with Gasteiger partial charge >= 0.3 is 0 Å². The lowest BCUT2D eigenvalue weighted by atomic mass is 11.2. The van der Waals surface area contributed by atoms with Gasteiger partial charge in [-0.3, -0.25) is 0 Å². The summed E-state index contributed by atoms with van der Waals surface area (Å²) in [6, 6.07) is 0. The predicted molar refractivity (Wildman–Crippen MR) is 44.7 cm³/mol. The standard InChI is InChI=1S/C6H8S2/c1-3-7-5-6-8-4-2/h3-6H,1-2H2/b6-5+. The maximum absolute atomic E-state index is 3.53. The molecule has 0 unspecified atom stereocenters. The third-order valence-corrected chi connectivity index (χ3v) is 1.55. The molecule has 0 atom stereocenters. The van der Waals surface area contributed by atoms with Crippen molar-refractivity contribution in [2.75, 3.05) is 0 Å². The molecular weight excluding hydrogens is 136 g/mol. The zero-order valence-corrected chi connectivity index (χ0v) is 6.17.